The maximum Gasteiger partial charge on any atom is 0.458 e. The number of alkyl halides is 5. The summed E-state index contributed by atoms with van der Waals surface area (Å²) in [5.41, 5.74) is 10.2. The van der Waals surface area contributed by atoms with Crippen LogP contribution in [-0.4, -0.2) is 6.18 Å². The van der Waals surface area contributed by atoms with Gasteiger partial charge in [-0.1, -0.05) is 6.07 Å². The molecule has 0 fully saturated rings. The van der Waals surface area contributed by atoms with Crippen molar-refractivity contribution in [1.82, 2.24) is 0 Å². The second kappa shape index (κ2) is 5.11. The second-order valence-electron chi connectivity index (χ2n) is 4.66. The van der Waals surface area contributed by atoms with Crippen LogP contribution in [0, 0.1) is 5.82 Å². The SMILES string of the molecule is Nc1cc(N)cc(-c2ccc(C(F)(F)C(F)(F)F)c(F)c2)c1. The third kappa shape index (κ3) is 2.81. The van der Waals surface area contributed by atoms with Crippen molar-refractivity contribution in [2.24, 2.45) is 0 Å². The summed E-state index contributed by atoms with van der Waals surface area (Å²) in [6.07, 6.45) is -5.88. The van der Waals surface area contributed by atoms with Gasteiger partial charge in [0.15, 0.2) is 0 Å². The Morgan fingerprint density at radius 3 is 1.73 bits per heavy atom. The Morgan fingerprint density at radius 2 is 1.27 bits per heavy atom. The van der Waals surface area contributed by atoms with Crippen LogP contribution in [0.3, 0.4) is 0 Å². The highest BCUT2D eigenvalue weighted by molar-refractivity contribution is 5.72. The summed E-state index contributed by atoms with van der Waals surface area (Å²) in [5, 5.41) is 0. The molecule has 0 spiro atoms. The first-order valence-corrected chi connectivity index (χ1v) is 5.93. The molecule has 0 radical (unpaired) electrons. The van der Waals surface area contributed by atoms with Crippen molar-refractivity contribution >= 4 is 11.4 Å². The molecule has 8 heteroatoms. The predicted octanol–water partition coefficient (Wildman–Crippen LogP) is 4.31. The minimum Gasteiger partial charge on any atom is -0.399 e. The molecular weight excluding hydrogens is 310 g/mol. The van der Waals surface area contributed by atoms with Crippen molar-refractivity contribution < 1.29 is 26.3 Å². The van der Waals surface area contributed by atoms with Crippen LogP contribution in [0.4, 0.5) is 37.7 Å². The molecule has 0 aliphatic heterocycles. The fourth-order valence-electron chi connectivity index (χ4n) is 1.95. The lowest BCUT2D eigenvalue weighted by Gasteiger charge is -2.20. The molecule has 0 atom stereocenters. The molecule has 0 unspecified atom stereocenters. The molecule has 22 heavy (non-hydrogen) atoms. The maximum atomic E-state index is 13.7. The van der Waals surface area contributed by atoms with Crippen molar-refractivity contribution in [3.8, 4) is 11.1 Å². The normalized spacial score (nSPS) is 12.5. The topological polar surface area (TPSA) is 52.0 Å². The lowest BCUT2D eigenvalue weighted by molar-refractivity contribution is -0.290. The van der Waals surface area contributed by atoms with Crippen LogP contribution in [0.25, 0.3) is 11.1 Å². The highest BCUT2D eigenvalue weighted by Gasteiger charge is 2.59. The van der Waals surface area contributed by atoms with E-state index in [1.54, 1.807) is 0 Å². The van der Waals surface area contributed by atoms with E-state index in [1.165, 1.54) is 18.2 Å². The molecule has 0 aliphatic carbocycles. The molecule has 2 rings (SSSR count). The zero-order valence-electron chi connectivity index (χ0n) is 10.9. The summed E-state index contributed by atoms with van der Waals surface area (Å²) in [5.74, 6) is -6.94. The van der Waals surface area contributed by atoms with Crippen molar-refractivity contribution in [2.75, 3.05) is 11.5 Å². The molecule has 2 nitrogen and oxygen atoms in total. The monoisotopic (exact) mass is 320 g/mol. The molecule has 2 aromatic carbocycles. The molecule has 0 amide bonds. The summed E-state index contributed by atoms with van der Waals surface area (Å²) in [6.45, 7) is 0. The average Bonchev–Trinajstić information content (AvgIpc) is 2.35. The van der Waals surface area contributed by atoms with E-state index in [2.05, 4.69) is 0 Å². The fraction of sp³-hybridized carbons (Fsp3) is 0.143. The molecular formula is C14H10F6N2. The highest BCUT2D eigenvalue weighted by atomic mass is 19.4. The van der Waals surface area contributed by atoms with Crippen molar-refractivity contribution in [3.63, 3.8) is 0 Å². The number of hydrogen-bond acceptors (Lipinski definition) is 2. The van der Waals surface area contributed by atoms with Crippen LogP contribution in [0.15, 0.2) is 36.4 Å². The average molecular weight is 320 g/mol. The largest absolute Gasteiger partial charge is 0.458 e. The third-order valence-electron chi connectivity index (χ3n) is 2.97. The van der Waals surface area contributed by atoms with E-state index >= 15 is 0 Å². The number of rotatable bonds is 2. The van der Waals surface area contributed by atoms with Gasteiger partial charge in [-0.2, -0.15) is 22.0 Å². The number of benzene rings is 2. The summed E-state index contributed by atoms with van der Waals surface area (Å²) < 4.78 is 76.9. The van der Waals surface area contributed by atoms with Gasteiger partial charge >= 0.3 is 12.1 Å². The van der Waals surface area contributed by atoms with E-state index in [-0.39, 0.29) is 16.9 Å². The Bertz CT molecular complexity index is 689. The van der Waals surface area contributed by atoms with E-state index in [4.69, 9.17) is 11.5 Å². The summed E-state index contributed by atoms with van der Waals surface area (Å²) >= 11 is 0. The fourth-order valence-corrected chi connectivity index (χ4v) is 1.95. The van der Waals surface area contributed by atoms with Crippen LogP contribution in [0.2, 0.25) is 0 Å². The molecule has 0 saturated heterocycles. The Hall–Kier alpha value is -2.38. The van der Waals surface area contributed by atoms with Crippen LogP contribution in [0.1, 0.15) is 5.56 Å². The van der Waals surface area contributed by atoms with Gasteiger partial charge in [0.1, 0.15) is 5.82 Å². The Labute approximate surface area is 121 Å². The van der Waals surface area contributed by atoms with E-state index in [1.807, 2.05) is 0 Å². The smallest absolute Gasteiger partial charge is 0.399 e. The molecule has 0 heterocycles. The maximum absolute atomic E-state index is 13.7. The van der Waals surface area contributed by atoms with Crippen LogP contribution < -0.4 is 11.5 Å². The van der Waals surface area contributed by atoms with Gasteiger partial charge < -0.3 is 11.5 Å². The van der Waals surface area contributed by atoms with E-state index in [9.17, 15) is 26.3 Å². The first kappa shape index (κ1) is 16.0. The lowest BCUT2D eigenvalue weighted by atomic mass is 9.99. The number of nitrogens with two attached hydrogens (primary N) is 2. The Kier molecular flexibility index (Phi) is 3.72. The highest BCUT2D eigenvalue weighted by Crippen LogP contribution is 2.45. The van der Waals surface area contributed by atoms with E-state index < -0.39 is 23.5 Å². The van der Waals surface area contributed by atoms with Gasteiger partial charge in [-0.25, -0.2) is 4.39 Å². The first-order valence-electron chi connectivity index (χ1n) is 5.93. The molecule has 0 saturated carbocycles. The Balaban J connectivity index is 2.51. The van der Waals surface area contributed by atoms with E-state index in [0.717, 1.165) is 6.07 Å². The predicted molar refractivity (Wildman–Crippen MR) is 70.6 cm³/mol. The quantitative estimate of drug-likeness (QED) is 0.640. The minimum atomic E-state index is -5.88. The summed E-state index contributed by atoms with van der Waals surface area (Å²) in [7, 11) is 0. The Morgan fingerprint density at radius 1 is 0.727 bits per heavy atom. The standard InChI is InChI=1S/C14H10F6N2/c15-12-5-7(8-3-9(21)6-10(22)4-8)1-2-11(12)13(16,17)14(18,19)20/h1-6H,21-22H2. The van der Waals surface area contributed by atoms with Crippen molar-refractivity contribution in [2.45, 2.75) is 12.1 Å². The number of hydrogen-bond donors (Lipinski definition) is 2. The summed E-state index contributed by atoms with van der Waals surface area (Å²) in [6, 6.07) is 6.15. The van der Waals surface area contributed by atoms with Crippen LogP contribution in [0.5, 0.6) is 0 Å². The second-order valence-corrected chi connectivity index (χ2v) is 4.66. The zero-order valence-corrected chi connectivity index (χ0v) is 10.9. The van der Waals surface area contributed by atoms with Crippen molar-refractivity contribution in [1.29, 1.82) is 0 Å². The first-order chi connectivity index (χ1) is 10.0. The zero-order chi connectivity index (χ0) is 16.7. The molecule has 2 aromatic rings. The summed E-state index contributed by atoms with van der Waals surface area (Å²) in [4.78, 5) is 0. The molecule has 4 N–H and O–H groups in total. The number of nitrogen functional groups attached to an aromatic ring is 2. The van der Waals surface area contributed by atoms with Gasteiger partial charge in [0.2, 0.25) is 0 Å². The molecule has 118 valence electrons. The van der Waals surface area contributed by atoms with Gasteiger partial charge in [-0.15, -0.1) is 0 Å². The van der Waals surface area contributed by atoms with Gasteiger partial charge in [0.25, 0.3) is 0 Å². The van der Waals surface area contributed by atoms with E-state index in [0.29, 0.717) is 17.7 Å². The van der Waals surface area contributed by atoms with Crippen molar-refractivity contribution in [3.05, 3.63) is 47.8 Å². The van der Waals surface area contributed by atoms with Crippen LogP contribution in [-0.2, 0) is 5.92 Å². The molecule has 0 bridgehead atoms. The lowest BCUT2D eigenvalue weighted by Crippen LogP contribution is -2.34. The molecule has 0 aliphatic rings. The number of anilines is 2. The number of halogens is 6. The van der Waals surface area contributed by atoms with Gasteiger partial charge in [0, 0.05) is 11.4 Å². The minimum absolute atomic E-state index is 0.0817. The van der Waals surface area contributed by atoms with Crippen LogP contribution >= 0.6 is 0 Å². The molecule has 0 aromatic heterocycles. The third-order valence-corrected chi connectivity index (χ3v) is 2.97. The van der Waals surface area contributed by atoms with Gasteiger partial charge in [-0.05, 0) is 41.5 Å². The van der Waals surface area contributed by atoms with Gasteiger partial charge in [0.05, 0.1) is 5.56 Å². The van der Waals surface area contributed by atoms with Gasteiger partial charge in [-0.3, -0.25) is 0 Å².